The molecule has 21 heavy (non-hydrogen) atoms. The second-order valence-corrected chi connectivity index (χ2v) is 7.60. The fourth-order valence-electron chi connectivity index (χ4n) is 3.85. The zero-order chi connectivity index (χ0) is 15.6. The van der Waals surface area contributed by atoms with Crippen LogP contribution in [0.25, 0.3) is 0 Å². The van der Waals surface area contributed by atoms with Crippen molar-refractivity contribution >= 4 is 5.97 Å². The van der Waals surface area contributed by atoms with Crippen LogP contribution in [0, 0.1) is 5.92 Å². The van der Waals surface area contributed by atoms with Crippen molar-refractivity contribution in [2.24, 2.45) is 5.92 Å². The van der Waals surface area contributed by atoms with Crippen molar-refractivity contribution in [2.45, 2.75) is 89.4 Å². The lowest BCUT2D eigenvalue weighted by Gasteiger charge is -2.42. The molecule has 4 unspecified atom stereocenters. The van der Waals surface area contributed by atoms with Crippen molar-refractivity contribution in [3.8, 4) is 0 Å². The van der Waals surface area contributed by atoms with Gasteiger partial charge in [0.05, 0.1) is 0 Å². The summed E-state index contributed by atoms with van der Waals surface area (Å²) in [5.74, 6) is 0.00465. The Morgan fingerprint density at radius 3 is 2.48 bits per heavy atom. The van der Waals surface area contributed by atoms with Gasteiger partial charge in [0.15, 0.2) is 0 Å². The number of hydrogen-bond acceptors (Lipinski definition) is 3. The molecular formula is C17H32N2O2. The normalized spacial score (nSPS) is 30.9. The monoisotopic (exact) mass is 296 g/mol. The van der Waals surface area contributed by atoms with Crippen molar-refractivity contribution < 1.29 is 9.90 Å². The summed E-state index contributed by atoms with van der Waals surface area (Å²) in [4.78, 5) is 14.1. The highest BCUT2D eigenvalue weighted by molar-refractivity contribution is 5.78. The molecular weight excluding hydrogens is 264 g/mol. The molecule has 2 rings (SSSR count). The molecule has 0 radical (unpaired) electrons. The van der Waals surface area contributed by atoms with Gasteiger partial charge in [-0.15, -0.1) is 0 Å². The highest BCUT2D eigenvalue weighted by Crippen LogP contribution is 2.31. The Morgan fingerprint density at radius 1 is 1.33 bits per heavy atom. The lowest BCUT2D eigenvalue weighted by atomic mass is 9.83. The number of hydrogen-bond donors (Lipinski definition) is 2. The maximum atomic E-state index is 11.7. The van der Waals surface area contributed by atoms with E-state index in [2.05, 4.69) is 31.1 Å². The number of carboxylic acids is 1. The van der Waals surface area contributed by atoms with E-state index in [-0.39, 0.29) is 6.04 Å². The summed E-state index contributed by atoms with van der Waals surface area (Å²) in [6, 6.07) is 1.30. The lowest BCUT2D eigenvalue weighted by Crippen LogP contribution is -2.55. The van der Waals surface area contributed by atoms with Crippen molar-refractivity contribution in [1.29, 1.82) is 0 Å². The van der Waals surface area contributed by atoms with E-state index in [0.29, 0.717) is 18.5 Å². The Labute approximate surface area is 129 Å². The molecule has 0 aliphatic heterocycles. The van der Waals surface area contributed by atoms with E-state index in [4.69, 9.17) is 0 Å². The number of aliphatic carboxylic acids is 1. The molecule has 4 atom stereocenters. The van der Waals surface area contributed by atoms with Gasteiger partial charge >= 0.3 is 5.97 Å². The van der Waals surface area contributed by atoms with E-state index in [0.717, 1.165) is 18.8 Å². The minimum atomic E-state index is -0.799. The van der Waals surface area contributed by atoms with Crippen molar-refractivity contribution in [3.63, 3.8) is 0 Å². The SMILES string of the molecule is CC1CCCCC1N(C)C(C)CC(C)(NC1CC1)C(=O)O. The molecule has 2 aliphatic rings. The third-order valence-electron chi connectivity index (χ3n) is 5.56. The average molecular weight is 296 g/mol. The summed E-state index contributed by atoms with van der Waals surface area (Å²) < 4.78 is 0. The van der Waals surface area contributed by atoms with Crippen LogP contribution in [0.4, 0.5) is 0 Å². The maximum absolute atomic E-state index is 11.7. The predicted octanol–water partition coefficient (Wildman–Crippen LogP) is 2.87. The first-order chi connectivity index (χ1) is 9.83. The molecule has 4 nitrogen and oxygen atoms in total. The van der Waals surface area contributed by atoms with E-state index in [9.17, 15) is 9.90 Å². The summed E-state index contributed by atoms with van der Waals surface area (Å²) in [5, 5.41) is 13.0. The van der Waals surface area contributed by atoms with Gasteiger partial charge < -0.3 is 10.0 Å². The molecule has 0 aromatic rings. The van der Waals surface area contributed by atoms with E-state index < -0.39 is 11.5 Å². The standard InChI is InChI=1S/C17H32N2O2/c1-12-7-5-6-8-15(12)19(4)13(2)11-17(3,16(20)21)18-14-9-10-14/h12-15,18H,5-11H2,1-4H3,(H,20,21). The van der Waals surface area contributed by atoms with Gasteiger partial charge in [0.2, 0.25) is 0 Å². The summed E-state index contributed by atoms with van der Waals surface area (Å²) in [6.45, 7) is 6.37. The van der Waals surface area contributed by atoms with Crippen LogP contribution in [0.15, 0.2) is 0 Å². The van der Waals surface area contributed by atoms with Gasteiger partial charge in [-0.2, -0.15) is 0 Å². The molecule has 0 heterocycles. The minimum Gasteiger partial charge on any atom is -0.480 e. The van der Waals surface area contributed by atoms with Crippen molar-refractivity contribution in [2.75, 3.05) is 7.05 Å². The molecule has 0 saturated heterocycles. The number of nitrogens with one attached hydrogen (secondary N) is 1. The van der Waals surface area contributed by atoms with Gasteiger partial charge in [0.25, 0.3) is 0 Å². The lowest BCUT2D eigenvalue weighted by molar-refractivity contribution is -0.145. The van der Waals surface area contributed by atoms with Crippen molar-refractivity contribution in [3.05, 3.63) is 0 Å². The van der Waals surface area contributed by atoms with Crippen LogP contribution in [0.1, 0.15) is 65.7 Å². The number of nitrogens with zero attached hydrogens (tertiary/aromatic N) is 1. The molecule has 2 aliphatic carbocycles. The van der Waals surface area contributed by atoms with E-state index >= 15 is 0 Å². The molecule has 0 aromatic carbocycles. The van der Waals surface area contributed by atoms with Gasteiger partial charge in [0, 0.05) is 18.1 Å². The zero-order valence-electron chi connectivity index (χ0n) is 14.1. The second-order valence-electron chi connectivity index (χ2n) is 7.60. The topological polar surface area (TPSA) is 52.6 Å². The van der Waals surface area contributed by atoms with Crippen LogP contribution < -0.4 is 5.32 Å². The van der Waals surface area contributed by atoms with E-state index in [1.165, 1.54) is 25.7 Å². The fourth-order valence-corrected chi connectivity index (χ4v) is 3.85. The van der Waals surface area contributed by atoms with Gasteiger partial charge in [-0.25, -0.2) is 0 Å². The van der Waals surface area contributed by atoms with Gasteiger partial charge in [-0.3, -0.25) is 10.1 Å². The van der Waals surface area contributed by atoms with Crippen LogP contribution in [0.5, 0.6) is 0 Å². The molecule has 2 fully saturated rings. The Kier molecular flexibility index (Phi) is 5.31. The number of carboxylic acid groups (broad SMARTS) is 1. The smallest absolute Gasteiger partial charge is 0.323 e. The van der Waals surface area contributed by atoms with Crippen LogP contribution >= 0.6 is 0 Å². The van der Waals surface area contributed by atoms with Crippen LogP contribution in [-0.2, 0) is 4.79 Å². The van der Waals surface area contributed by atoms with Crippen LogP contribution in [0.3, 0.4) is 0 Å². The number of carbonyl (C=O) groups is 1. The molecule has 0 spiro atoms. The fraction of sp³-hybridized carbons (Fsp3) is 0.941. The van der Waals surface area contributed by atoms with Gasteiger partial charge in [-0.05, 0) is 58.9 Å². The van der Waals surface area contributed by atoms with E-state index in [1.807, 2.05) is 6.92 Å². The Bertz CT molecular complexity index is 370. The first-order valence-electron chi connectivity index (χ1n) is 8.56. The van der Waals surface area contributed by atoms with Gasteiger partial charge in [0.1, 0.15) is 5.54 Å². The zero-order valence-corrected chi connectivity index (χ0v) is 14.1. The molecule has 0 amide bonds. The number of rotatable bonds is 7. The Hall–Kier alpha value is -0.610. The third-order valence-corrected chi connectivity index (χ3v) is 5.56. The summed E-state index contributed by atoms with van der Waals surface area (Å²) >= 11 is 0. The maximum Gasteiger partial charge on any atom is 0.323 e. The molecule has 0 bridgehead atoms. The first kappa shape index (κ1) is 16.8. The third kappa shape index (κ3) is 4.19. The van der Waals surface area contributed by atoms with Gasteiger partial charge in [-0.1, -0.05) is 19.8 Å². The first-order valence-corrected chi connectivity index (χ1v) is 8.56. The highest BCUT2D eigenvalue weighted by atomic mass is 16.4. The minimum absolute atomic E-state index is 0.280. The van der Waals surface area contributed by atoms with Crippen molar-refractivity contribution in [1.82, 2.24) is 10.2 Å². The van der Waals surface area contributed by atoms with Crippen LogP contribution in [0.2, 0.25) is 0 Å². The molecule has 4 heteroatoms. The molecule has 2 saturated carbocycles. The summed E-state index contributed by atoms with van der Waals surface area (Å²) in [6.07, 6.45) is 8.11. The Balaban J connectivity index is 1.96. The second kappa shape index (κ2) is 6.66. The summed E-state index contributed by atoms with van der Waals surface area (Å²) in [5.41, 5.74) is -0.799. The largest absolute Gasteiger partial charge is 0.480 e. The molecule has 0 aromatic heterocycles. The van der Waals surface area contributed by atoms with E-state index in [1.54, 1.807) is 0 Å². The quantitative estimate of drug-likeness (QED) is 0.758. The summed E-state index contributed by atoms with van der Waals surface area (Å²) in [7, 11) is 2.18. The average Bonchev–Trinajstić information content (AvgIpc) is 3.22. The molecule has 122 valence electrons. The Morgan fingerprint density at radius 2 is 1.95 bits per heavy atom. The molecule has 2 N–H and O–H groups in total. The highest BCUT2D eigenvalue weighted by Gasteiger charge is 2.41. The predicted molar refractivity (Wildman–Crippen MR) is 85.5 cm³/mol. The van der Waals surface area contributed by atoms with Crippen LogP contribution in [-0.4, -0.2) is 46.7 Å².